The van der Waals surface area contributed by atoms with Crippen molar-refractivity contribution in [2.24, 2.45) is 0 Å². The number of nitrogens with one attached hydrogen (secondary N) is 1. The molecule has 0 aromatic carbocycles. The Hall–Kier alpha value is -1.20. The van der Waals surface area contributed by atoms with Gasteiger partial charge >= 0.3 is 0 Å². The molecule has 1 atom stereocenters. The summed E-state index contributed by atoms with van der Waals surface area (Å²) < 4.78 is 5.27. The molecule has 0 aliphatic rings. The van der Waals surface area contributed by atoms with Crippen molar-refractivity contribution in [1.82, 2.24) is 15.3 Å². The van der Waals surface area contributed by atoms with E-state index in [1.165, 1.54) is 0 Å². The van der Waals surface area contributed by atoms with Crippen LogP contribution in [-0.4, -0.2) is 43.3 Å². The van der Waals surface area contributed by atoms with Crippen LogP contribution >= 0.6 is 0 Å². The second-order valence-electron chi connectivity index (χ2n) is 5.34. The SMILES string of the molecule is CCN(c1cnc(C(C)C)nc1CNC)C(C)COC. The van der Waals surface area contributed by atoms with Gasteiger partial charge in [0.25, 0.3) is 0 Å². The van der Waals surface area contributed by atoms with Crippen LogP contribution in [0.1, 0.15) is 45.1 Å². The number of methoxy groups -OCH3 is 1. The fraction of sp³-hybridized carbons (Fsp3) is 0.733. The highest BCUT2D eigenvalue weighted by Gasteiger charge is 2.18. The van der Waals surface area contributed by atoms with Gasteiger partial charge in [-0.3, -0.25) is 0 Å². The van der Waals surface area contributed by atoms with E-state index in [0.717, 1.165) is 30.3 Å². The van der Waals surface area contributed by atoms with E-state index in [9.17, 15) is 0 Å². The predicted molar refractivity (Wildman–Crippen MR) is 83.2 cm³/mol. The highest BCUT2D eigenvalue weighted by Crippen LogP contribution is 2.22. The van der Waals surface area contributed by atoms with E-state index in [-0.39, 0.29) is 0 Å². The fourth-order valence-corrected chi connectivity index (χ4v) is 2.29. The summed E-state index contributed by atoms with van der Waals surface area (Å²) in [6, 6.07) is 0.300. The molecule has 0 fully saturated rings. The van der Waals surface area contributed by atoms with Crippen molar-refractivity contribution in [3.05, 3.63) is 17.7 Å². The number of likely N-dealkylation sites (N-methyl/N-ethyl adjacent to an activating group) is 1. The predicted octanol–water partition coefficient (Wildman–Crippen LogP) is 2.18. The maximum atomic E-state index is 5.27. The molecule has 0 spiro atoms. The van der Waals surface area contributed by atoms with Crippen LogP contribution in [0.25, 0.3) is 0 Å². The highest BCUT2D eigenvalue weighted by atomic mass is 16.5. The van der Waals surface area contributed by atoms with Gasteiger partial charge in [-0.25, -0.2) is 9.97 Å². The Morgan fingerprint density at radius 3 is 2.55 bits per heavy atom. The van der Waals surface area contributed by atoms with E-state index in [0.29, 0.717) is 18.6 Å². The average Bonchev–Trinajstić information content (AvgIpc) is 2.41. The monoisotopic (exact) mass is 280 g/mol. The molecular weight excluding hydrogens is 252 g/mol. The zero-order valence-electron chi connectivity index (χ0n) is 13.6. The Labute approximate surface area is 122 Å². The largest absolute Gasteiger partial charge is 0.383 e. The lowest BCUT2D eigenvalue weighted by molar-refractivity contribution is 0.182. The maximum Gasteiger partial charge on any atom is 0.131 e. The third kappa shape index (κ3) is 4.15. The summed E-state index contributed by atoms with van der Waals surface area (Å²) in [6.45, 7) is 10.9. The van der Waals surface area contributed by atoms with Gasteiger partial charge in [0.05, 0.1) is 24.2 Å². The van der Waals surface area contributed by atoms with Crippen LogP contribution in [0.3, 0.4) is 0 Å². The molecule has 0 radical (unpaired) electrons. The Bertz CT molecular complexity index is 409. The Kier molecular flexibility index (Phi) is 6.88. The third-order valence-electron chi connectivity index (χ3n) is 3.31. The highest BCUT2D eigenvalue weighted by molar-refractivity contribution is 5.50. The van der Waals surface area contributed by atoms with Gasteiger partial charge in [-0.1, -0.05) is 13.8 Å². The van der Waals surface area contributed by atoms with Crippen molar-refractivity contribution in [1.29, 1.82) is 0 Å². The van der Waals surface area contributed by atoms with E-state index in [2.05, 4.69) is 42.9 Å². The van der Waals surface area contributed by atoms with Crippen molar-refractivity contribution in [3.63, 3.8) is 0 Å². The van der Waals surface area contributed by atoms with Crippen molar-refractivity contribution < 1.29 is 4.74 Å². The molecule has 1 aromatic heterocycles. The minimum atomic E-state index is 0.300. The van der Waals surface area contributed by atoms with Gasteiger partial charge in [-0.15, -0.1) is 0 Å². The van der Waals surface area contributed by atoms with Gasteiger partial charge < -0.3 is 15.0 Å². The van der Waals surface area contributed by atoms with E-state index in [1.54, 1.807) is 7.11 Å². The van der Waals surface area contributed by atoms with Gasteiger partial charge in [-0.2, -0.15) is 0 Å². The molecule has 1 unspecified atom stereocenters. The van der Waals surface area contributed by atoms with Crippen LogP contribution in [-0.2, 0) is 11.3 Å². The van der Waals surface area contributed by atoms with E-state index >= 15 is 0 Å². The summed E-state index contributed by atoms with van der Waals surface area (Å²) in [6.07, 6.45) is 1.95. The first-order valence-electron chi connectivity index (χ1n) is 7.31. The van der Waals surface area contributed by atoms with Gasteiger partial charge in [0.1, 0.15) is 5.82 Å². The molecule has 5 nitrogen and oxygen atoms in total. The second-order valence-corrected chi connectivity index (χ2v) is 5.34. The number of rotatable bonds is 8. The lowest BCUT2D eigenvalue weighted by Gasteiger charge is -2.31. The lowest BCUT2D eigenvalue weighted by atomic mass is 10.2. The average molecular weight is 280 g/mol. The second kappa shape index (κ2) is 8.17. The summed E-state index contributed by atoms with van der Waals surface area (Å²) in [7, 11) is 3.67. The Balaban J connectivity index is 3.13. The fourth-order valence-electron chi connectivity index (χ4n) is 2.29. The molecule has 5 heteroatoms. The van der Waals surface area contributed by atoms with Gasteiger partial charge in [0.15, 0.2) is 0 Å². The molecule has 0 aliphatic carbocycles. The minimum Gasteiger partial charge on any atom is -0.383 e. The molecule has 0 bridgehead atoms. The lowest BCUT2D eigenvalue weighted by Crippen LogP contribution is -2.37. The van der Waals surface area contributed by atoms with Crippen molar-refractivity contribution in [2.75, 3.05) is 32.2 Å². The van der Waals surface area contributed by atoms with E-state index in [1.807, 2.05) is 13.2 Å². The van der Waals surface area contributed by atoms with Crippen LogP contribution in [0.5, 0.6) is 0 Å². The number of anilines is 1. The summed E-state index contributed by atoms with van der Waals surface area (Å²) in [5, 5.41) is 3.19. The van der Waals surface area contributed by atoms with Gasteiger partial charge in [-0.05, 0) is 20.9 Å². The molecule has 114 valence electrons. The van der Waals surface area contributed by atoms with E-state index < -0.39 is 0 Å². The summed E-state index contributed by atoms with van der Waals surface area (Å²) in [4.78, 5) is 11.5. The van der Waals surface area contributed by atoms with Gasteiger partial charge in [0.2, 0.25) is 0 Å². The first-order chi connectivity index (χ1) is 9.54. The van der Waals surface area contributed by atoms with Crippen LogP contribution in [0, 0.1) is 0 Å². The number of hydrogen-bond donors (Lipinski definition) is 1. The number of hydrogen-bond acceptors (Lipinski definition) is 5. The molecule has 0 saturated carbocycles. The summed E-state index contributed by atoms with van der Waals surface area (Å²) in [5.41, 5.74) is 2.15. The molecule has 0 aliphatic heterocycles. The quantitative estimate of drug-likeness (QED) is 0.791. The third-order valence-corrected chi connectivity index (χ3v) is 3.31. The molecule has 20 heavy (non-hydrogen) atoms. The molecule has 0 amide bonds. The normalized spacial score (nSPS) is 12.8. The smallest absolute Gasteiger partial charge is 0.131 e. The zero-order valence-corrected chi connectivity index (χ0v) is 13.6. The topological polar surface area (TPSA) is 50.3 Å². The Morgan fingerprint density at radius 1 is 1.35 bits per heavy atom. The number of nitrogens with zero attached hydrogens (tertiary/aromatic N) is 3. The van der Waals surface area contributed by atoms with Gasteiger partial charge in [0, 0.05) is 32.2 Å². The van der Waals surface area contributed by atoms with Crippen LogP contribution < -0.4 is 10.2 Å². The maximum absolute atomic E-state index is 5.27. The molecule has 1 heterocycles. The summed E-state index contributed by atoms with van der Waals surface area (Å²) >= 11 is 0. The zero-order chi connectivity index (χ0) is 15.1. The molecule has 0 saturated heterocycles. The van der Waals surface area contributed by atoms with Crippen molar-refractivity contribution in [3.8, 4) is 0 Å². The number of aromatic nitrogens is 2. The standard InChI is InChI=1S/C15H28N4O/c1-7-19(12(4)10-20-6)14-9-17-15(11(2)3)18-13(14)8-16-5/h9,11-12,16H,7-8,10H2,1-6H3. The van der Waals surface area contributed by atoms with Crippen molar-refractivity contribution in [2.45, 2.75) is 46.2 Å². The van der Waals surface area contributed by atoms with Crippen molar-refractivity contribution >= 4 is 5.69 Å². The number of ether oxygens (including phenoxy) is 1. The van der Waals surface area contributed by atoms with Crippen LogP contribution in [0.2, 0.25) is 0 Å². The van der Waals surface area contributed by atoms with Crippen LogP contribution in [0.15, 0.2) is 6.20 Å². The molecule has 1 rings (SSSR count). The van der Waals surface area contributed by atoms with E-state index in [4.69, 9.17) is 9.72 Å². The first kappa shape index (κ1) is 16.9. The molecular formula is C15H28N4O. The first-order valence-corrected chi connectivity index (χ1v) is 7.31. The minimum absolute atomic E-state index is 0.300. The van der Waals surface area contributed by atoms with Crippen LogP contribution in [0.4, 0.5) is 5.69 Å². The summed E-state index contributed by atoms with van der Waals surface area (Å²) in [5.74, 6) is 1.24. The Morgan fingerprint density at radius 2 is 2.05 bits per heavy atom. The molecule has 1 aromatic rings. The molecule has 1 N–H and O–H groups in total.